The predicted octanol–water partition coefficient (Wildman–Crippen LogP) is 13.2. The Balaban J connectivity index is 1.07. The Morgan fingerprint density at radius 2 is 0.780 bits per heavy atom. The number of nitrogens with zero attached hydrogens (tertiary/aromatic N) is 6. The molecule has 0 atom stereocenters. The third kappa shape index (κ3) is 6.49. The largest absolute Gasteiger partial charge is 0.247 e. The van der Waals surface area contributed by atoms with Crippen molar-refractivity contribution in [3.05, 3.63) is 194 Å². The Bertz CT molecular complexity index is 3260. The van der Waals surface area contributed by atoms with Gasteiger partial charge in [-0.1, -0.05) is 152 Å². The maximum atomic E-state index is 5.30. The molecule has 0 spiro atoms. The van der Waals surface area contributed by atoms with E-state index in [0.29, 0.717) is 17.5 Å². The van der Waals surface area contributed by atoms with E-state index >= 15 is 0 Å². The van der Waals surface area contributed by atoms with E-state index < -0.39 is 0 Å². The summed E-state index contributed by atoms with van der Waals surface area (Å²) in [5.74, 6) is 1.81. The Morgan fingerprint density at radius 1 is 0.288 bits per heavy atom. The van der Waals surface area contributed by atoms with E-state index in [1.807, 2.05) is 54.6 Å². The number of pyridine rings is 1. The van der Waals surface area contributed by atoms with E-state index in [4.69, 9.17) is 24.3 Å². The van der Waals surface area contributed by atoms with E-state index in [1.165, 1.54) is 11.7 Å². The molecule has 11 rings (SSSR count). The summed E-state index contributed by atoms with van der Waals surface area (Å²) < 4.78 is 9.30. The summed E-state index contributed by atoms with van der Waals surface area (Å²) in [7, 11) is 0. The van der Waals surface area contributed by atoms with Crippen LogP contribution in [-0.4, -0.2) is 28.7 Å². The second-order valence-electron chi connectivity index (χ2n) is 14.5. The third-order valence-electron chi connectivity index (χ3n) is 10.8. The van der Waals surface area contributed by atoms with Gasteiger partial charge in [-0.05, 0) is 75.8 Å². The highest BCUT2D eigenvalue weighted by Crippen LogP contribution is 2.39. The average molecular weight is 773 g/mol. The zero-order valence-corrected chi connectivity index (χ0v) is 32.4. The first-order valence-corrected chi connectivity index (χ1v) is 20.2. The molecule has 0 aliphatic carbocycles. The van der Waals surface area contributed by atoms with Crippen molar-refractivity contribution in [1.29, 1.82) is 0 Å². The van der Waals surface area contributed by atoms with Gasteiger partial charge in [-0.3, -0.25) is 0 Å². The number of rotatable bonds is 7. The maximum Gasteiger partial charge on any atom is 0.164 e. The van der Waals surface area contributed by atoms with Crippen molar-refractivity contribution in [1.82, 2.24) is 28.7 Å². The fraction of sp³-hybridized carbons (Fsp3) is 0. The van der Waals surface area contributed by atoms with Gasteiger partial charge in [-0.25, -0.2) is 19.9 Å². The van der Waals surface area contributed by atoms with Crippen LogP contribution >= 0.6 is 11.7 Å². The predicted molar refractivity (Wildman–Crippen MR) is 242 cm³/mol. The highest BCUT2D eigenvalue weighted by Gasteiger charge is 2.18. The molecule has 0 aliphatic heterocycles. The lowest BCUT2D eigenvalue weighted by Crippen LogP contribution is -2.00. The highest BCUT2D eigenvalue weighted by molar-refractivity contribution is 7.00. The number of aromatic nitrogens is 6. The van der Waals surface area contributed by atoms with Gasteiger partial charge in [0.1, 0.15) is 11.0 Å². The molecule has 0 fully saturated rings. The van der Waals surface area contributed by atoms with Crippen LogP contribution in [-0.2, 0) is 0 Å². The molecule has 0 saturated carbocycles. The summed E-state index contributed by atoms with van der Waals surface area (Å²) in [6.07, 6.45) is 0. The summed E-state index contributed by atoms with van der Waals surface area (Å²) in [5.41, 5.74) is 13.9. The van der Waals surface area contributed by atoms with Crippen LogP contribution in [0.15, 0.2) is 194 Å². The van der Waals surface area contributed by atoms with Gasteiger partial charge in [-0.15, -0.1) is 0 Å². The molecule has 0 bridgehead atoms. The Morgan fingerprint density at radius 3 is 1.44 bits per heavy atom. The zero-order valence-electron chi connectivity index (χ0n) is 31.6. The lowest BCUT2D eigenvalue weighted by atomic mass is 9.95. The van der Waals surface area contributed by atoms with Crippen molar-refractivity contribution in [2.24, 2.45) is 0 Å². The summed E-state index contributed by atoms with van der Waals surface area (Å²) in [5, 5.41) is 3.17. The molecule has 59 heavy (non-hydrogen) atoms. The van der Waals surface area contributed by atoms with Crippen LogP contribution in [0, 0.1) is 0 Å². The summed E-state index contributed by atoms with van der Waals surface area (Å²) in [6.45, 7) is 0. The average Bonchev–Trinajstić information content (AvgIpc) is 3.81. The maximum absolute atomic E-state index is 5.30. The molecule has 3 aromatic heterocycles. The summed E-state index contributed by atoms with van der Waals surface area (Å²) in [4.78, 5) is 20.7. The van der Waals surface area contributed by atoms with E-state index in [0.717, 1.165) is 94.0 Å². The highest BCUT2D eigenvalue weighted by atomic mass is 32.1. The van der Waals surface area contributed by atoms with Crippen LogP contribution in [0.5, 0.6) is 0 Å². The van der Waals surface area contributed by atoms with Crippen LogP contribution in [0.1, 0.15) is 0 Å². The number of hydrogen-bond donors (Lipinski definition) is 0. The monoisotopic (exact) mass is 772 g/mol. The molecule has 0 saturated heterocycles. The topological polar surface area (TPSA) is 77.3 Å². The number of fused-ring (bicyclic) bond motifs is 5. The SMILES string of the molecule is c1ccc(-c2cc(-c3ccccc3)cc(-c3nc(-c4ccccc4)nc(-c4cccc(-c5ccc6c(c5)nc(-c5ccccc5)c5ccc7nsnc7c56)c4)n3)c2)cc1. The Labute approximate surface area is 344 Å². The van der Waals surface area contributed by atoms with Crippen molar-refractivity contribution >= 4 is 44.4 Å². The molecular weight excluding hydrogens is 741 g/mol. The molecule has 6 nitrogen and oxygen atoms in total. The third-order valence-corrected chi connectivity index (χ3v) is 11.3. The van der Waals surface area contributed by atoms with Crippen LogP contribution in [0.2, 0.25) is 0 Å². The minimum Gasteiger partial charge on any atom is -0.247 e. The first kappa shape index (κ1) is 34.5. The minimum atomic E-state index is 0.594. The van der Waals surface area contributed by atoms with Crippen molar-refractivity contribution in [3.63, 3.8) is 0 Å². The lowest BCUT2D eigenvalue weighted by Gasteiger charge is -2.13. The number of hydrogen-bond acceptors (Lipinski definition) is 7. The van der Waals surface area contributed by atoms with Crippen LogP contribution in [0.4, 0.5) is 0 Å². The van der Waals surface area contributed by atoms with Gasteiger partial charge in [0.05, 0.1) is 22.9 Å². The fourth-order valence-corrected chi connectivity index (χ4v) is 8.42. The van der Waals surface area contributed by atoms with Crippen molar-refractivity contribution in [3.8, 4) is 78.8 Å². The molecule has 8 aromatic carbocycles. The summed E-state index contributed by atoms with van der Waals surface area (Å²) >= 11 is 1.24. The smallest absolute Gasteiger partial charge is 0.164 e. The molecule has 0 amide bonds. The second-order valence-corrected chi connectivity index (χ2v) is 15.0. The molecular formula is C52H32N6S. The van der Waals surface area contributed by atoms with Crippen LogP contribution in [0.25, 0.3) is 112 Å². The first-order valence-electron chi connectivity index (χ1n) is 19.4. The van der Waals surface area contributed by atoms with Crippen LogP contribution < -0.4 is 0 Å². The normalized spacial score (nSPS) is 11.4. The Hall–Kier alpha value is -7.74. The van der Waals surface area contributed by atoms with Gasteiger partial charge in [0, 0.05) is 38.4 Å². The Kier molecular flexibility index (Phi) is 8.56. The van der Waals surface area contributed by atoms with E-state index in [2.05, 4.69) is 144 Å². The van der Waals surface area contributed by atoms with Crippen molar-refractivity contribution in [2.75, 3.05) is 0 Å². The molecule has 0 N–H and O–H groups in total. The van der Waals surface area contributed by atoms with Gasteiger partial charge >= 0.3 is 0 Å². The zero-order chi connectivity index (χ0) is 39.1. The molecule has 7 heteroatoms. The van der Waals surface area contributed by atoms with Gasteiger partial charge in [0.15, 0.2) is 17.5 Å². The lowest BCUT2D eigenvalue weighted by molar-refractivity contribution is 1.07. The molecule has 0 radical (unpaired) electrons. The molecule has 0 unspecified atom stereocenters. The molecule has 3 heterocycles. The van der Waals surface area contributed by atoms with E-state index in [1.54, 1.807) is 0 Å². The standard InChI is InChI=1S/C52H32N6S/c1-5-14-33(15-6-1)40-29-41(34-16-7-2-8-17-34)31-42(30-40)52-55-50(36-20-11-4-12-21-36)54-51(56-52)39-23-13-22-37(28-39)38-24-25-43-46(32-38)53-48(35-18-9-3-10-19-35)44-26-27-45-49(47(43)44)58-59-57-45/h1-32H. The van der Waals surface area contributed by atoms with Crippen molar-refractivity contribution in [2.45, 2.75) is 0 Å². The van der Waals surface area contributed by atoms with Crippen molar-refractivity contribution < 1.29 is 0 Å². The van der Waals surface area contributed by atoms with Gasteiger partial charge in [0.25, 0.3) is 0 Å². The number of benzene rings is 8. The van der Waals surface area contributed by atoms with Gasteiger partial charge < -0.3 is 0 Å². The molecule has 276 valence electrons. The second kappa shape index (κ2) is 14.6. The minimum absolute atomic E-state index is 0.594. The molecule has 0 aliphatic rings. The van der Waals surface area contributed by atoms with Gasteiger partial charge in [-0.2, -0.15) is 8.75 Å². The summed E-state index contributed by atoms with van der Waals surface area (Å²) in [6, 6.07) is 67.0. The van der Waals surface area contributed by atoms with Gasteiger partial charge in [0.2, 0.25) is 0 Å². The first-order chi connectivity index (χ1) is 29.2. The fourth-order valence-electron chi connectivity index (χ4n) is 7.87. The van der Waals surface area contributed by atoms with Crippen LogP contribution in [0.3, 0.4) is 0 Å². The van der Waals surface area contributed by atoms with E-state index in [9.17, 15) is 0 Å². The van der Waals surface area contributed by atoms with E-state index in [-0.39, 0.29) is 0 Å². The quantitative estimate of drug-likeness (QED) is 0.150. The molecule has 11 aromatic rings.